The highest BCUT2D eigenvalue weighted by Crippen LogP contribution is 2.37. The predicted molar refractivity (Wildman–Crippen MR) is 93.4 cm³/mol. The monoisotopic (exact) mass is 347 g/mol. The number of anilines is 1. The number of halogens is 1. The fourth-order valence-corrected chi connectivity index (χ4v) is 3.40. The molecule has 0 aliphatic heterocycles. The third-order valence-corrected chi connectivity index (χ3v) is 4.67. The molecular formula is C16H14ClN3O2S. The lowest BCUT2D eigenvalue weighted by atomic mass is 10.1. The van der Waals surface area contributed by atoms with Crippen molar-refractivity contribution in [3.63, 3.8) is 0 Å². The average molecular weight is 348 g/mol. The minimum atomic E-state index is -0.828. The highest BCUT2D eigenvalue weighted by molar-refractivity contribution is 7.17. The normalized spacial score (nSPS) is 10.9. The van der Waals surface area contributed by atoms with Crippen LogP contribution in [0.15, 0.2) is 36.0 Å². The Hall–Kier alpha value is -2.18. The van der Waals surface area contributed by atoms with Gasteiger partial charge in [-0.25, -0.2) is 9.97 Å². The Kier molecular flexibility index (Phi) is 4.45. The topological polar surface area (TPSA) is 66.3 Å². The maximum Gasteiger partial charge on any atom is 0.305 e. The molecule has 0 fully saturated rings. The van der Waals surface area contributed by atoms with E-state index in [1.807, 2.05) is 41.6 Å². The second-order valence-corrected chi connectivity index (χ2v) is 6.39. The summed E-state index contributed by atoms with van der Waals surface area (Å²) in [5.41, 5.74) is 2.06. The van der Waals surface area contributed by atoms with Crippen molar-refractivity contribution in [2.75, 3.05) is 18.5 Å². The number of hydrogen-bond donors (Lipinski definition) is 1. The summed E-state index contributed by atoms with van der Waals surface area (Å²) >= 11 is 7.50. The van der Waals surface area contributed by atoms with E-state index in [4.69, 9.17) is 16.7 Å². The van der Waals surface area contributed by atoms with Gasteiger partial charge in [0, 0.05) is 29.6 Å². The number of aromatic nitrogens is 2. The molecule has 2 aromatic heterocycles. The number of carbonyl (C=O) groups is 1. The van der Waals surface area contributed by atoms with Gasteiger partial charge in [0.05, 0.1) is 11.8 Å². The van der Waals surface area contributed by atoms with Gasteiger partial charge in [-0.15, -0.1) is 11.3 Å². The Morgan fingerprint density at radius 1 is 1.30 bits per heavy atom. The molecule has 0 bridgehead atoms. The fraction of sp³-hybridized carbons (Fsp3) is 0.188. The van der Waals surface area contributed by atoms with Crippen LogP contribution in [0.5, 0.6) is 0 Å². The molecule has 0 radical (unpaired) electrons. The molecule has 23 heavy (non-hydrogen) atoms. The fourth-order valence-electron chi connectivity index (χ4n) is 2.36. The third-order valence-electron chi connectivity index (χ3n) is 3.53. The van der Waals surface area contributed by atoms with Crippen molar-refractivity contribution in [2.24, 2.45) is 0 Å². The standard InChI is InChI=1S/C16H14ClN3O2S/c1-20(7-6-13(21)22)15-14-12(8-23-16(14)19-9-18-15)10-2-4-11(17)5-3-10/h2-5,8-9H,6-7H2,1H3,(H,21,22). The summed E-state index contributed by atoms with van der Waals surface area (Å²) in [6.45, 7) is 0.386. The third kappa shape index (κ3) is 3.28. The lowest BCUT2D eigenvalue weighted by molar-refractivity contribution is -0.136. The molecule has 0 saturated heterocycles. The zero-order valence-corrected chi connectivity index (χ0v) is 13.9. The molecule has 2 heterocycles. The first-order valence-electron chi connectivity index (χ1n) is 6.97. The zero-order valence-electron chi connectivity index (χ0n) is 12.4. The summed E-state index contributed by atoms with van der Waals surface area (Å²) in [4.78, 5) is 22.2. The molecule has 3 rings (SSSR count). The van der Waals surface area contributed by atoms with E-state index in [9.17, 15) is 4.79 Å². The highest BCUT2D eigenvalue weighted by Gasteiger charge is 2.16. The number of benzene rings is 1. The summed E-state index contributed by atoms with van der Waals surface area (Å²) in [5, 5.41) is 12.5. The number of rotatable bonds is 5. The van der Waals surface area contributed by atoms with Crippen LogP contribution in [0.4, 0.5) is 5.82 Å². The first kappa shape index (κ1) is 15.7. The molecular weight excluding hydrogens is 334 g/mol. The van der Waals surface area contributed by atoms with Gasteiger partial charge in [-0.2, -0.15) is 0 Å². The van der Waals surface area contributed by atoms with Crippen molar-refractivity contribution in [3.05, 3.63) is 41.0 Å². The Balaban J connectivity index is 2.07. The summed E-state index contributed by atoms with van der Waals surface area (Å²) in [6.07, 6.45) is 1.57. The molecule has 0 aliphatic carbocycles. The Bertz CT molecular complexity index is 848. The van der Waals surface area contributed by atoms with E-state index in [-0.39, 0.29) is 6.42 Å². The van der Waals surface area contributed by atoms with Crippen molar-refractivity contribution in [1.82, 2.24) is 9.97 Å². The van der Waals surface area contributed by atoms with E-state index in [0.717, 1.165) is 27.2 Å². The van der Waals surface area contributed by atoms with Gasteiger partial charge in [0.25, 0.3) is 0 Å². The van der Waals surface area contributed by atoms with Gasteiger partial charge >= 0.3 is 5.97 Å². The largest absolute Gasteiger partial charge is 0.481 e. The molecule has 0 unspecified atom stereocenters. The Morgan fingerprint density at radius 2 is 2.04 bits per heavy atom. The van der Waals surface area contributed by atoms with Crippen LogP contribution in [-0.4, -0.2) is 34.6 Å². The van der Waals surface area contributed by atoms with E-state index >= 15 is 0 Å². The summed E-state index contributed by atoms with van der Waals surface area (Å²) in [5.74, 6) is -0.0900. The molecule has 118 valence electrons. The minimum absolute atomic E-state index is 0.0579. The van der Waals surface area contributed by atoms with Gasteiger partial charge in [0.1, 0.15) is 17.0 Å². The van der Waals surface area contributed by atoms with Crippen LogP contribution < -0.4 is 4.90 Å². The van der Waals surface area contributed by atoms with Gasteiger partial charge in [-0.05, 0) is 17.7 Å². The summed E-state index contributed by atoms with van der Waals surface area (Å²) < 4.78 is 0. The van der Waals surface area contributed by atoms with E-state index in [1.165, 1.54) is 6.33 Å². The van der Waals surface area contributed by atoms with Crippen LogP contribution in [0.25, 0.3) is 21.3 Å². The van der Waals surface area contributed by atoms with Gasteiger partial charge in [0.2, 0.25) is 0 Å². The number of nitrogens with zero attached hydrogens (tertiary/aromatic N) is 3. The lowest BCUT2D eigenvalue weighted by Crippen LogP contribution is -2.22. The van der Waals surface area contributed by atoms with Crippen LogP contribution in [0.1, 0.15) is 6.42 Å². The Labute approximate surface area is 142 Å². The van der Waals surface area contributed by atoms with Crippen LogP contribution in [-0.2, 0) is 4.79 Å². The summed E-state index contributed by atoms with van der Waals surface area (Å²) in [7, 11) is 1.84. The molecule has 5 nitrogen and oxygen atoms in total. The number of fused-ring (bicyclic) bond motifs is 1. The molecule has 1 aromatic carbocycles. The predicted octanol–water partition coefficient (Wildman–Crippen LogP) is 3.92. The number of hydrogen-bond acceptors (Lipinski definition) is 5. The maximum atomic E-state index is 10.8. The molecule has 3 aromatic rings. The second-order valence-electron chi connectivity index (χ2n) is 5.10. The van der Waals surface area contributed by atoms with Crippen molar-refractivity contribution in [2.45, 2.75) is 6.42 Å². The van der Waals surface area contributed by atoms with Crippen LogP contribution in [0.2, 0.25) is 5.02 Å². The van der Waals surface area contributed by atoms with Crippen LogP contribution >= 0.6 is 22.9 Å². The first-order chi connectivity index (χ1) is 11.1. The van der Waals surface area contributed by atoms with Crippen molar-refractivity contribution in [3.8, 4) is 11.1 Å². The van der Waals surface area contributed by atoms with Crippen molar-refractivity contribution in [1.29, 1.82) is 0 Å². The maximum absolute atomic E-state index is 10.8. The van der Waals surface area contributed by atoms with E-state index in [2.05, 4.69) is 9.97 Å². The minimum Gasteiger partial charge on any atom is -0.481 e. The van der Waals surface area contributed by atoms with E-state index in [0.29, 0.717) is 11.6 Å². The van der Waals surface area contributed by atoms with Gasteiger partial charge in [0.15, 0.2) is 0 Å². The molecule has 0 saturated carbocycles. The number of aliphatic carboxylic acids is 1. The molecule has 0 aliphatic rings. The number of carboxylic acids is 1. The van der Waals surface area contributed by atoms with Crippen molar-refractivity contribution < 1.29 is 9.90 Å². The van der Waals surface area contributed by atoms with Gasteiger partial charge in [-0.1, -0.05) is 23.7 Å². The number of carboxylic acid groups (broad SMARTS) is 1. The van der Waals surface area contributed by atoms with Crippen LogP contribution in [0.3, 0.4) is 0 Å². The Morgan fingerprint density at radius 3 is 2.74 bits per heavy atom. The molecule has 0 spiro atoms. The molecule has 0 atom stereocenters. The number of thiophene rings is 1. The zero-order chi connectivity index (χ0) is 16.4. The van der Waals surface area contributed by atoms with E-state index in [1.54, 1.807) is 11.3 Å². The summed E-state index contributed by atoms with van der Waals surface area (Å²) in [6, 6.07) is 7.60. The molecule has 1 N–H and O–H groups in total. The SMILES string of the molecule is CN(CCC(=O)O)c1ncnc2scc(-c3ccc(Cl)cc3)c12. The first-order valence-corrected chi connectivity index (χ1v) is 8.23. The smallest absolute Gasteiger partial charge is 0.305 e. The van der Waals surface area contributed by atoms with Crippen molar-refractivity contribution >= 4 is 44.9 Å². The van der Waals surface area contributed by atoms with Gasteiger partial charge in [-0.3, -0.25) is 4.79 Å². The van der Waals surface area contributed by atoms with E-state index < -0.39 is 5.97 Å². The average Bonchev–Trinajstić information content (AvgIpc) is 2.97. The molecule has 7 heteroatoms. The second kappa shape index (κ2) is 6.52. The highest BCUT2D eigenvalue weighted by atomic mass is 35.5. The van der Waals surface area contributed by atoms with Crippen LogP contribution in [0, 0.1) is 0 Å². The lowest BCUT2D eigenvalue weighted by Gasteiger charge is -2.18. The quantitative estimate of drug-likeness (QED) is 0.757. The molecule has 0 amide bonds. The van der Waals surface area contributed by atoms with Gasteiger partial charge < -0.3 is 10.0 Å².